The molecule has 3 nitrogen and oxygen atoms in total. The molecule has 1 fully saturated rings. The lowest BCUT2D eigenvalue weighted by Gasteiger charge is -2.32. The minimum Gasteiger partial charge on any atom is -0.489 e. The number of halogens is 1. The van der Waals surface area contributed by atoms with Crippen molar-refractivity contribution in [2.45, 2.75) is 25.4 Å². The first-order valence-corrected chi connectivity index (χ1v) is 6.92. The fraction of sp³-hybridized carbons (Fsp3) is 0.571. The van der Waals surface area contributed by atoms with Crippen molar-refractivity contribution in [3.63, 3.8) is 0 Å². The highest BCUT2D eigenvalue weighted by Gasteiger charge is 2.20. The Hall–Kier alpha value is -0.770. The molecule has 0 aromatic heterocycles. The van der Waals surface area contributed by atoms with Crippen molar-refractivity contribution in [1.82, 2.24) is 4.90 Å². The van der Waals surface area contributed by atoms with Crippen molar-refractivity contribution in [2.75, 3.05) is 26.2 Å². The Bertz CT molecular complexity index is 365. The topological polar surface area (TPSA) is 32.7 Å². The highest BCUT2D eigenvalue weighted by molar-refractivity contribution is 6.32. The van der Waals surface area contributed by atoms with E-state index in [2.05, 4.69) is 4.90 Å². The third-order valence-corrected chi connectivity index (χ3v) is 3.61. The number of aliphatic hydroxyl groups is 1. The van der Waals surface area contributed by atoms with E-state index < -0.39 is 0 Å². The van der Waals surface area contributed by atoms with Crippen molar-refractivity contribution < 1.29 is 9.84 Å². The zero-order valence-corrected chi connectivity index (χ0v) is 11.3. The van der Waals surface area contributed by atoms with Gasteiger partial charge in [0, 0.05) is 26.2 Å². The van der Waals surface area contributed by atoms with Gasteiger partial charge in [-0.05, 0) is 31.4 Å². The molecule has 0 aliphatic carbocycles. The molecule has 1 aromatic rings. The first kappa shape index (κ1) is 13.7. The van der Waals surface area contributed by atoms with E-state index in [1.807, 2.05) is 24.3 Å². The number of aliphatic hydroxyl groups excluding tert-OH is 1. The second kappa shape index (κ2) is 6.98. The van der Waals surface area contributed by atoms with Crippen molar-refractivity contribution >= 4 is 11.6 Å². The maximum atomic E-state index is 8.81. The van der Waals surface area contributed by atoms with Gasteiger partial charge in [-0.1, -0.05) is 23.7 Å². The summed E-state index contributed by atoms with van der Waals surface area (Å²) in [6.45, 7) is 3.33. The Balaban J connectivity index is 1.78. The van der Waals surface area contributed by atoms with E-state index in [4.69, 9.17) is 21.4 Å². The molecule has 0 amide bonds. The first-order chi connectivity index (χ1) is 8.79. The summed E-state index contributed by atoms with van der Waals surface area (Å²) in [7, 11) is 0. The van der Waals surface area contributed by atoms with Crippen LogP contribution in [0.3, 0.4) is 0 Å². The molecule has 0 spiro atoms. The molecule has 18 heavy (non-hydrogen) atoms. The van der Waals surface area contributed by atoms with E-state index >= 15 is 0 Å². The minimum atomic E-state index is 0.260. The molecule has 100 valence electrons. The van der Waals surface area contributed by atoms with Gasteiger partial charge in [0.1, 0.15) is 11.9 Å². The van der Waals surface area contributed by atoms with Crippen LogP contribution in [-0.4, -0.2) is 42.4 Å². The van der Waals surface area contributed by atoms with E-state index in [-0.39, 0.29) is 12.7 Å². The average Bonchev–Trinajstić information content (AvgIpc) is 2.41. The van der Waals surface area contributed by atoms with Crippen LogP contribution in [0.5, 0.6) is 5.75 Å². The Morgan fingerprint density at radius 2 is 2.00 bits per heavy atom. The Labute approximate surface area is 113 Å². The number of nitrogens with zero attached hydrogens (tertiary/aromatic N) is 1. The summed E-state index contributed by atoms with van der Waals surface area (Å²) in [5.41, 5.74) is 0. The summed E-state index contributed by atoms with van der Waals surface area (Å²) in [5, 5.41) is 9.49. The van der Waals surface area contributed by atoms with Crippen molar-refractivity contribution in [3.8, 4) is 5.75 Å². The highest BCUT2D eigenvalue weighted by Crippen LogP contribution is 2.26. The number of piperidine rings is 1. The zero-order chi connectivity index (χ0) is 12.8. The summed E-state index contributed by atoms with van der Waals surface area (Å²) in [6, 6.07) is 7.62. The third kappa shape index (κ3) is 3.87. The van der Waals surface area contributed by atoms with Gasteiger partial charge in [0.05, 0.1) is 5.02 Å². The molecular formula is C14H20ClNO2. The average molecular weight is 270 g/mol. The van der Waals surface area contributed by atoms with Gasteiger partial charge in [0.25, 0.3) is 0 Å². The Morgan fingerprint density at radius 3 is 2.67 bits per heavy atom. The largest absolute Gasteiger partial charge is 0.489 e. The second-order valence-corrected chi connectivity index (χ2v) is 5.07. The zero-order valence-electron chi connectivity index (χ0n) is 10.5. The molecule has 2 rings (SSSR count). The lowest BCUT2D eigenvalue weighted by atomic mass is 10.1. The molecule has 0 atom stereocenters. The fourth-order valence-electron chi connectivity index (χ4n) is 2.26. The summed E-state index contributed by atoms with van der Waals surface area (Å²) in [5.74, 6) is 0.785. The van der Waals surface area contributed by atoms with Crippen LogP contribution in [0.2, 0.25) is 5.02 Å². The van der Waals surface area contributed by atoms with Gasteiger partial charge >= 0.3 is 0 Å². The van der Waals surface area contributed by atoms with Crippen LogP contribution in [-0.2, 0) is 0 Å². The molecule has 1 aliphatic rings. The van der Waals surface area contributed by atoms with Gasteiger partial charge < -0.3 is 14.7 Å². The van der Waals surface area contributed by atoms with Crippen LogP contribution in [0.15, 0.2) is 24.3 Å². The summed E-state index contributed by atoms with van der Waals surface area (Å²) >= 11 is 6.08. The van der Waals surface area contributed by atoms with Crippen molar-refractivity contribution in [1.29, 1.82) is 0 Å². The smallest absolute Gasteiger partial charge is 0.138 e. The van der Waals surface area contributed by atoms with Gasteiger partial charge in [-0.2, -0.15) is 0 Å². The van der Waals surface area contributed by atoms with E-state index in [0.717, 1.165) is 44.6 Å². The Morgan fingerprint density at radius 1 is 1.28 bits per heavy atom. The lowest BCUT2D eigenvalue weighted by Crippen LogP contribution is -2.38. The quantitative estimate of drug-likeness (QED) is 0.892. The number of benzene rings is 1. The standard InChI is InChI=1S/C14H20ClNO2/c15-13-4-1-2-5-14(13)18-12-6-9-16(10-7-12)8-3-11-17/h1-2,4-5,12,17H,3,6-11H2. The highest BCUT2D eigenvalue weighted by atomic mass is 35.5. The molecule has 1 N–H and O–H groups in total. The van der Waals surface area contributed by atoms with Gasteiger partial charge in [0.15, 0.2) is 0 Å². The van der Waals surface area contributed by atoms with Gasteiger partial charge in [-0.25, -0.2) is 0 Å². The number of hydrogen-bond donors (Lipinski definition) is 1. The molecule has 0 bridgehead atoms. The number of hydrogen-bond acceptors (Lipinski definition) is 3. The molecule has 4 heteroatoms. The molecule has 1 saturated heterocycles. The van der Waals surface area contributed by atoms with Crippen LogP contribution in [0.4, 0.5) is 0 Å². The van der Waals surface area contributed by atoms with E-state index in [9.17, 15) is 0 Å². The molecule has 1 heterocycles. The van der Waals surface area contributed by atoms with Gasteiger partial charge in [-0.15, -0.1) is 0 Å². The van der Waals surface area contributed by atoms with Crippen LogP contribution >= 0.6 is 11.6 Å². The molecule has 1 aromatic carbocycles. The van der Waals surface area contributed by atoms with E-state index in [1.54, 1.807) is 0 Å². The van der Waals surface area contributed by atoms with Crippen molar-refractivity contribution in [3.05, 3.63) is 29.3 Å². The Kier molecular flexibility index (Phi) is 5.29. The van der Waals surface area contributed by atoms with Crippen LogP contribution in [0, 0.1) is 0 Å². The normalized spacial score (nSPS) is 17.9. The van der Waals surface area contributed by atoms with Crippen LogP contribution in [0.25, 0.3) is 0 Å². The van der Waals surface area contributed by atoms with Crippen LogP contribution in [0.1, 0.15) is 19.3 Å². The van der Waals surface area contributed by atoms with Gasteiger partial charge in [-0.3, -0.25) is 0 Å². The maximum Gasteiger partial charge on any atom is 0.138 e. The summed E-state index contributed by atoms with van der Waals surface area (Å²) < 4.78 is 5.93. The minimum absolute atomic E-state index is 0.260. The van der Waals surface area contributed by atoms with Crippen molar-refractivity contribution in [2.24, 2.45) is 0 Å². The fourth-order valence-corrected chi connectivity index (χ4v) is 2.45. The summed E-state index contributed by atoms with van der Waals surface area (Å²) in [4.78, 5) is 2.38. The SMILES string of the molecule is OCCCN1CCC(Oc2ccccc2Cl)CC1. The van der Waals surface area contributed by atoms with E-state index in [0.29, 0.717) is 5.02 Å². The first-order valence-electron chi connectivity index (χ1n) is 6.54. The third-order valence-electron chi connectivity index (χ3n) is 3.30. The molecular weight excluding hydrogens is 250 g/mol. The predicted molar refractivity (Wildman–Crippen MR) is 73.2 cm³/mol. The number of rotatable bonds is 5. The summed E-state index contributed by atoms with van der Waals surface area (Å²) in [6.07, 6.45) is 3.17. The maximum absolute atomic E-state index is 8.81. The predicted octanol–water partition coefficient (Wildman–Crippen LogP) is 2.57. The van der Waals surface area contributed by atoms with Gasteiger partial charge in [0.2, 0.25) is 0 Å². The molecule has 0 radical (unpaired) electrons. The lowest BCUT2D eigenvalue weighted by molar-refractivity contribution is 0.0964. The monoisotopic (exact) mass is 269 g/mol. The molecule has 0 saturated carbocycles. The number of likely N-dealkylation sites (tertiary alicyclic amines) is 1. The second-order valence-electron chi connectivity index (χ2n) is 4.67. The number of para-hydroxylation sites is 1. The number of ether oxygens (including phenoxy) is 1. The molecule has 1 aliphatic heterocycles. The molecule has 0 unspecified atom stereocenters. The van der Waals surface area contributed by atoms with E-state index in [1.165, 1.54) is 0 Å². The van der Waals surface area contributed by atoms with Crippen LogP contribution < -0.4 is 4.74 Å².